The maximum absolute atomic E-state index is 12.6. The molecule has 0 unspecified atom stereocenters. The van der Waals surface area contributed by atoms with Gasteiger partial charge in [-0.1, -0.05) is 17.7 Å². The van der Waals surface area contributed by atoms with Crippen molar-refractivity contribution in [1.82, 2.24) is 14.8 Å². The van der Waals surface area contributed by atoms with Crippen LogP contribution in [0.15, 0.2) is 82.1 Å². The van der Waals surface area contributed by atoms with Gasteiger partial charge in [-0.25, -0.2) is 18.1 Å². The van der Waals surface area contributed by atoms with Crippen LogP contribution in [0.5, 0.6) is 0 Å². The summed E-state index contributed by atoms with van der Waals surface area (Å²) in [7, 11) is -3.82. The van der Waals surface area contributed by atoms with E-state index in [1.165, 1.54) is 47.4 Å². The second-order valence-electron chi connectivity index (χ2n) is 6.37. The molecule has 9 nitrogen and oxygen atoms in total. The van der Waals surface area contributed by atoms with Gasteiger partial charge >= 0.3 is 0 Å². The van der Waals surface area contributed by atoms with E-state index in [9.17, 15) is 18.0 Å². The average Bonchev–Trinajstić information content (AvgIpc) is 3.26. The minimum atomic E-state index is -3.82. The maximum atomic E-state index is 12.6. The van der Waals surface area contributed by atoms with Crippen LogP contribution in [-0.4, -0.2) is 29.1 Å². The summed E-state index contributed by atoms with van der Waals surface area (Å²) in [5.74, 6) is -0.733. The molecule has 0 radical (unpaired) electrons. The van der Waals surface area contributed by atoms with E-state index in [4.69, 9.17) is 11.6 Å². The van der Waals surface area contributed by atoms with Crippen LogP contribution in [0.3, 0.4) is 0 Å². The summed E-state index contributed by atoms with van der Waals surface area (Å²) in [5, 5.41) is 9.02. The van der Waals surface area contributed by atoms with Gasteiger partial charge in [-0.3, -0.25) is 14.3 Å². The molecule has 2 N–H and O–H groups in total. The highest BCUT2D eigenvalue weighted by molar-refractivity contribution is 7.93. The third-order valence-electron chi connectivity index (χ3n) is 4.17. The van der Waals surface area contributed by atoms with E-state index in [1.54, 1.807) is 29.6 Å². The number of benzene rings is 2. The van der Waals surface area contributed by atoms with Crippen molar-refractivity contribution in [2.75, 3.05) is 10.0 Å². The summed E-state index contributed by atoms with van der Waals surface area (Å²) >= 11 is 7.14. The lowest BCUT2D eigenvalue weighted by Crippen LogP contribution is -2.25. The van der Waals surface area contributed by atoms with Crippen molar-refractivity contribution in [3.8, 4) is 5.69 Å². The second-order valence-corrected chi connectivity index (χ2v) is 9.39. The Morgan fingerprint density at radius 2 is 1.88 bits per heavy atom. The van der Waals surface area contributed by atoms with Crippen molar-refractivity contribution < 1.29 is 13.2 Å². The van der Waals surface area contributed by atoms with Crippen LogP contribution in [-0.2, 0) is 10.0 Å². The summed E-state index contributed by atoms with van der Waals surface area (Å²) < 4.78 is 28.5. The van der Waals surface area contributed by atoms with Crippen LogP contribution in [0.2, 0.25) is 5.02 Å². The molecule has 0 saturated heterocycles. The van der Waals surface area contributed by atoms with Gasteiger partial charge in [0.1, 0.15) is 0 Å². The van der Waals surface area contributed by atoms with Gasteiger partial charge in [0.2, 0.25) is 5.43 Å². The van der Waals surface area contributed by atoms with Crippen LogP contribution in [0, 0.1) is 0 Å². The van der Waals surface area contributed by atoms with Gasteiger partial charge in [0.05, 0.1) is 10.6 Å². The molecule has 0 aliphatic carbocycles. The molecule has 4 aromatic rings. The molecule has 0 fully saturated rings. The lowest BCUT2D eigenvalue weighted by atomic mass is 10.3. The summed E-state index contributed by atoms with van der Waals surface area (Å²) in [6, 6.07) is 13.5. The number of sulfonamides is 1. The van der Waals surface area contributed by atoms with E-state index in [0.29, 0.717) is 16.4 Å². The third kappa shape index (κ3) is 4.85. The van der Waals surface area contributed by atoms with Gasteiger partial charge in [-0.05, 0) is 42.5 Å². The Bertz CT molecular complexity index is 1440. The Morgan fingerprint density at radius 1 is 1.09 bits per heavy atom. The van der Waals surface area contributed by atoms with Gasteiger partial charge in [0.25, 0.3) is 15.9 Å². The largest absolute Gasteiger partial charge is 0.320 e. The summed E-state index contributed by atoms with van der Waals surface area (Å²) in [5.41, 5.74) is -0.0152. The number of nitrogens with zero attached hydrogens (tertiary/aromatic N) is 3. The van der Waals surface area contributed by atoms with E-state index in [1.807, 2.05) is 0 Å². The number of amides is 1. The Hall–Kier alpha value is -3.54. The summed E-state index contributed by atoms with van der Waals surface area (Å²) in [6.07, 6.45) is 2.92. The van der Waals surface area contributed by atoms with Crippen molar-refractivity contribution in [1.29, 1.82) is 0 Å². The van der Waals surface area contributed by atoms with Crippen molar-refractivity contribution in [3.63, 3.8) is 0 Å². The maximum Gasteiger partial charge on any atom is 0.280 e. The van der Waals surface area contributed by atoms with E-state index >= 15 is 0 Å². The number of aromatic nitrogens is 3. The number of carbonyl (C=O) groups excluding carboxylic acids is 1. The Morgan fingerprint density at radius 3 is 2.56 bits per heavy atom. The Kier molecular flexibility index (Phi) is 6.04. The van der Waals surface area contributed by atoms with Crippen molar-refractivity contribution >= 4 is 49.7 Å². The average molecular weight is 488 g/mol. The Balaban J connectivity index is 1.53. The number of carbonyl (C=O) groups is 1. The highest BCUT2D eigenvalue weighted by atomic mass is 35.5. The van der Waals surface area contributed by atoms with Crippen LogP contribution < -0.4 is 15.5 Å². The molecule has 32 heavy (non-hydrogen) atoms. The van der Waals surface area contributed by atoms with E-state index in [2.05, 4.69) is 20.1 Å². The fraction of sp³-hybridized carbons (Fsp3) is 0. The van der Waals surface area contributed by atoms with Crippen molar-refractivity contribution in [2.45, 2.75) is 4.90 Å². The van der Waals surface area contributed by atoms with E-state index in [-0.39, 0.29) is 15.7 Å². The fourth-order valence-electron chi connectivity index (χ4n) is 2.68. The molecule has 0 saturated carbocycles. The molecule has 2 heterocycles. The van der Waals surface area contributed by atoms with Gasteiger partial charge in [-0.15, -0.1) is 11.3 Å². The standard InChI is InChI=1S/C20H14ClN5O4S2/c21-13-2-1-3-15(12-13)26-10-8-17(27)18(24-26)19(28)23-14-4-6-16(7-5-14)32(29,30)25-20-22-9-11-31-20/h1-12H,(H,22,25)(H,23,28). The summed E-state index contributed by atoms with van der Waals surface area (Å²) in [6.45, 7) is 0. The molecule has 2 aromatic carbocycles. The predicted octanol–water partition coefficient (Wildman–Crippen LogP) is 3.40. The zero-order valence-electron chi connectivity index (χ0n) is 16.1. The number of anilines is 2. The quantitative estimate of drug-likeness (QED) is 0.429. The minimum absolute atomic E-state index is 0.00755. The van der Waals surface area contributed by atoms with E-state index < -0.39 is 21.4 Å². The highest BCUT2D eigenvalue weighted by Crippen LogP contribution is 2.20. The number of thiazole rings is 1. The van der Waals surface area contributed by atoms with Gasteiger partial charge in [-0.2, -0.15) is 5.10 Å². The number of nitrogens with one attached hydrogen (secondary N) is 2. The first-order valence-corrected chi connectivity index (χ1v) is 11.8. The first-order valence-electron chi connectivity index (χ1n) is 9.01. The molecule has 162 valence electrons. The van der Waals surface area contributed by atoms with Crippen molar-refractivity contribution in [3.05, 3.63) is 93.3 Å². The molecule has 0 aliphatic heterocycles. The summed E-state index contributed by atoms with van der Waals surface area (Å²) in [4.78, 5) is 28.7. The fourth-order valence-corrected chi connectivity index (χ4v) is 4.66. The molecule has 0 bridgehead atoms. The van der Waals surface area contributed by atoms with Crippen LogP contribution in [0.4, 0.5) is 10.8 Å². The monoisotopic (exact) mass is 487 g/mol. The molecule has 0 spiro atoms. The molecule has 12 heteroatoms. The molecule has 0 aliphatic rings. The number of halogens is 1. The lowest BCUT2D eigenvalue weighted by Gasteiger charge is -2.09. The van der Waals surface area contributed by atoms with Gasteiger partial charge in [0.15, 0.2) is 10.8 Å². The molecule has 0 atom stereocenters. The van der Waals surface area contributed by atoms with Crippen LogP contribution >= 0.6 is 22.9 Å². The highest BCUT2D eigenvalue weighted by Gasteiger charge is 2.17. The topological polar surface area (TPSA) is 123 Å². The number of hydrogen-bond acceptors (Lipinski definition) is 7. The normalized spacial score (nSPS) is 11.2. The van der Waals surface area contributed by atoms with Crippen LogP contribution in [0.1, 0.15) is 10.5 Å². The predicted molar refractivity (Wildman–Crippen MR) is 122 cm³/mol. The third-order valence-corrected chi connectivity index (χ3v) is 6.58. The molecule has 1 amide bonds. The lowest BCUT2D eigenvalue weighted by molar-refractivity contribution is 0.101. The minimum Gasteiger partial charge on any atom is -0.320 e. The smallest absolute Gasteiger partial charge is 0.280 e. The number of rotatable bonds is 6. The molecular formula is C20H14ClN5O4S2. The first kappa shape index (κ1) is 21.7. The molecule has 2 aromatic heterocycles. The SMILES string of the molecule is O=C(Nc1ccc(S(=O)(=O)Nc2nccs2)cc1)c1nn(-c2cccc(Cl)c2)ccc1=O. The number of hydrogen-bond donors (Lipinski definition) is 2. The molecular weight excluding hydrogens is 474 g/mol. The molecule has 4 rings (SSSR count). The van der Waals surface area contributed by atoms with Gasteiger partial charge in [0, 0.05) is 34.6 Å². The first-order chi connectivity index (χ1) is 15.3. The van der Waals surface area contributed by atoms with E-state index in [0.717, 1.165) is 11.3 Å². The van der Waals surface area contributed by atoms with Gasteiger partial charge < -0.3 is 5.32 Å². The van der Waals surface area contributed by atoms with Crippen molar-refractivity contribution in [2.24, 2.45) is 0 Å². The van der Waals surface area contributed by atoms with Crippen LogP contribution in [0.25, 0.3) is 5.69 Å². The Labute approximate surface area is 191 Å². The zero-order valence-corrected chi connectivity index (χ0v) is 18.5. The zero-order chi connectivity index (χ0) is 22.7. The second kappa shape index (κ2) is 8.91.